The molecule has 0 unspecified atom stereocenters. The van der Waals surface area contributed by atoms with Gasteiger partial charge in [0.2, 0.25) is 0 Å². The summed E-state index contributed by atoms with van der Waals surface area (Å²) in [4.78, 5) is 2.37. The maximum absolute atomic E-state index is 9.71. The second-order valence-electron chi connectivity index (χ2n) is 4.28. The summed E-state index contributed by atoms with van der Waals surface area (Å²) >= 11 is 0. The van der Waals surface area contributed by atoms with Crippen molar-refractivity contribution >= 4 is 0 Å². The SMILES string of the molecule is CO[C@H]1CN(C2CCNCC2)C[C@H]1O. The van der Waals surface area contributed by atoms with Crippen molar-refractivity contribution in [3.05, 3.63) is 0 Å². The number of piperidine rings is 1. The molecule has 2 atom stereocenters. The summed E-state index contributed by atoms with van der Waals surface area (Å²) in [5.74, 6) is 0. The molecule has 14 heavy (non-hydrogen) atoms. The van der Waals surface area contributed by atoms with E-state index in [1.165, 1.54) is 12.8 Å². The molecule has 2 heterocycles. The first-order valence-electron chi connectivity index (χ1n) is 5.47. The molecule has 2 fully saturated rings. The van der Waals surface area contributed by atoms with E-state index in [0.717, 1.165) is 26.2 Å². The van der Waals surface area contributed by atoms with Crippen molar-refractivity contribution in [1.82, 2.24) is 10.2 Å². The minimum absolute atomic E-state index is 0.0184. The molecule has 2 saturated heterocycles. The summed E-state index contributed by atoms with van der Waals surface area (Å²) in [6.45, 7) is 3.88. The molecule has 2 rings (SSSR count). The second-order valence-corrected chi connectivity index (χ2v) is 4.28. The quantitative estimate of drug-likeness (QED) is 0.626. The average molecular weight is 200 g/mol. The van der Waals surface area contributed by atoms with Gasteiger partial charge in [-0.2, -0.15) is 0 Å². The highest BCUT2D eigenvalue weighted by Gasteiger charge is 2.35. The molecular formula is C10H20N2O2. The Morgan fingerprint density at radius 2 is 2.00 bits per heavy atom. The number of nitrogens with zero attached hydrogens (tertiary/aromatic N) is 1. The lowest BCUT2D eigenvalue weighted by Gasteiger charge is -2.31. The van der Waals surface area contributed by atoms with Crippen LogP contribution in [0.5, 0.6) is 0 Å². The van der Waals surface area contributed by atoms with Crippen LogP contribution in [0.4, 0.5) is 0 Å². The zero-order chi connectivity index (χ0) is 9.97. The van der Waals surface area contributed by atoms with E-state index < -0.39 is 0 Å². The molecule has 82 valence electrons. The third-order valence-electron chi connectivity index (χ3n) is 3.39. The van der Waals surface area contributed by atoms with Gasteiger partial charge in [0.1, 0.15) is 0 Å². The van der Waals surface area contributed by atoms with Gasteiger partial charge in [0.05, 0.1) is 12.2 Å². The Morgan fingerprint density at radius 1 is 1.29 bits per heavy atom. The zero-order valence-corrected chi connectivity index (χ0v) is 8.78. The van der Waals surface area contributed by atoms with Crippen molar-refractivity contribution in [2.45, 2.75) is 31.1 Å². The number of β-amino-alcohol motifs (C(OH)–C–C–N with tert-alkyl or cyclic N) is 1. The summed E-state index contributed by atoms with van der Waals surface area (Å²) in [6.07, 6.45) is 2.12. The fraction of sp³-hybridized carbons (Fsp3) is 1.00. The van der Waals surface area contributed by atoms with Crippen LogP contribution in [-0.2, 0) is 4.74 Å². The Kier molecular flexibility index (Phi) is 3.38. The Balaban J connectivity index is 1.86. The number of hydrogen-bond acceptors (Lipinski definition) is 4. The van der Waals surface area contributed by atoms with Crippen LogP contribution >= 0.6 is 0 Å². The van der Waals surface area contributed by atoms with E-state index in [1.54, 1.807) is 7.11 Å². The number of methoxy groups -OCH3 is 1. The first-order chi connectivity index (χ1) is 6.81. The first-order valence-corrected chi connectivity index (χ1v) is 5.47. The molecule has 2 N–H and O–H groups in total. The van der Waals surface area contributed by atoms with Crippen molar-refractivity contribution in [1.29, 1.82) is 0 Å². The van der Waals surface area contributed by atoms with Crippen molar-refractivity contribution in [3.8, 4) is 0 Å². The van der Waals surface area contributed by atoms with Crippen LogP contribution < -0.4 is 5.32 Å². The lowest BCUT2D eigenvalue weighted by molar-refractivity contribution is 0.0213. The molecule has 0 saturated carbocycles. The monoisotopic (exact) mass is 200 g/mol. The minimum Gasteiger partial charge on any atom is -0.389 e. The molecule has 0 radical (unpaired) electrons. The molecule has 0 spiro atoms. The number of aliphatic hydroxyl groups excluding tert-OH is 1. The molecular weight excluding hydrogens is 180 g/mol. The predicted molar refractivity (Wildman–Crippen MR) is 54.3 cm³/mol. The van der Waals surface area contributed by atoms with Crippen molar-refractivity contribution < 1.29 is 9.84 Å². The smallest absolute Gasteiger partial charge is 0.0969 e. The van der Waals surface area contributed by atoms with Gasteiger partial charge in [0.15, 0.2) is 0 Å². The van der Waals surface area contributed by atoms with Crippen LogP contribution in [0.1, 0.15) is 12.8 Å². The zero-order valence-electron chi connectivity index (χ0n) is 8.78. The molecule has 2 aliphatic rings. The average Bonchev–Trinajstić information content (AvgIpc) is 2.61. The fourth-order valence-electron chi connectivity index (χ4n) is 2.49. The van der Waals surface area contributed by atoms with Crippen LogP contribution in [-0.4, -0.2) is 61.5 Å². The maximum atomic E-state index is 9.71. The van der Waals surface area contributed by atoms with E-state index >= 15 is 0 Å². The Morgan fingerprint density at radius 3 is 2.57 bits per heavy atom. The van der Waals surface area contributed by atoms with Crippen LogP contribution in [0, 0.1) is 0 Å². The van der Waals surface area contributed by atoms with E-state index in [0.29, 0.717) is 6.04 Å². The summed E-state index contributed by atoms with van der Waals surface area (Å²) in [7, 11) is 1.68. The maximum Gasteiger partial charge on any atom is 0.0969 e. The molecule has 0 aliphatic carbocycles. The predicted octanol–water partition coefficient (Wildman–Crippen LogP) is -0.570. The number of hydrogen-bond donors (Lipinski definition) is 2. The van der Waals surface area contributed by atoms with E-state index in [4.69, 9.17) is 4.74 Å². The molecule has 0 amide bonds. The van der Waals surface area contributed by atoms with Gasteiger partial charge in [0.25, 0.3) is 0 Å². The largest absolute Gasteiger partial charge is 0.389 e. The standard InChI is InChI=1S/C10H20N2O2/c1-14-10-7-12(6-9(10)13)8-2-4-11-5-3-8/h8-11,13H,2-7H2,1H3/t9-,10+/m1/s1. The topological polar surface area (TPSA) is 44.7 Å². The minimum atomic E-state index is -0.296. The van der Waals surface area contributed by atoms with Crippen LogP contribution in [0.15, 0.2) is 0 Å². The highest BCUT2D eigenvalue weighted by molar-refractivity contribution is 4.89. The number of ether oxygens (including phenoxy) is 1. The Labute approximate surface area is 85.2 Å². The van der Waals surface area contributed by atoms with Gasteiger partial charge in [0, 0.05) is 26.2 Å². The number of likely N-dealkylation sites (tertiary alicyclic amines) is 1. The van der Waals surface area contributed by atoms with Gasteiger partial charge >= 0.3 is 0 Å². The number of rotatable bonds is 2. The van der Waals surface area contributed by atoms with Crippen molar-refractivity contribution in [2.24, 2.45) is 0 Å². The first kappa shape index (κ1) is 10.4. The van der Waals surface area contributed by atoms with Crippen LogP contribution in [0.3, 0.4) is 0 Å². The lowest BCUT2D eigenvalue weighted by Crippen LogP contribution is -2.42. The van der Waals surface area contributed by atoms with Crippen LogP contribution in [0.25, 0.3) is 0 Å². The van der Waals surface area contributed by atoms with E-state index in [-0.39, 0.29) is 12.2 Å². The molecule has 0 aromatic heterocycles. The molecule has 0 aromatic rings. The van der Waals surface area contributed by atoms with Crippen molar-refractivity contribution in [2.75, 3.05) is 33.3 Å². The molecule has 4 heteroatoms. The fourth-order valence-corrected chi connectivity index (χ4v) is 2.49. The number of nitrogens with one attached hydrogen (secondary N) is 1. The third kappa shape index (κ3) is 2.08. The summed E-state index contributed by atoms with van der Waals surface area (Å²) in [5, 5.41) is 13.1. The van der Waals surface area contributed by atoms with Gasteiger partial charge in [-0.3, -0.25) is 4.90 Å². The van der Waals surface area contributed by atoms with E-state index in [1.807, 2.05) is 0 Å². The van der Waals surface area contributed by atoms with Gasteiger partial charge in [-0.25, -0.2) is 0 Å². The molecule has 0 bridgehead atoms. The van der Waals surface area contributed by atoms with Gasteiger partial charge < -0.3 is 15.2 Å². The normalized spacial score (nSPS) is 36.4. The number of aliphatic hydroxyl groups is 1. The molecule has 0 aromatic carbocycles. The summed E-state index contributed by atoms with van der Waals surface area (Å²) < 4.78 is 5.24. The summed E-state index contributed by atoms with van der Waals surface area (Å²) in [5.41, 5.74) is 0. The van der Waals surface area contributed by atoms with Crippen LogP contribution in [0.2, 0.25) is 0 Å². The molecule has 4 nitrogen and oxygen atoms in total. The highest BCUT2D eigenvalue weighted by Crippen LogP contribution is 2.20. The summed E-state index contributed by atoms with van der Waals surface area (Å²) in [6, 6.07) is 0.644. The second kappa shape index (κ2) is 4.57. The highest BCUT2D eigenvalue weighted by atomic mass is 16.5. The van der Waals surface area contributed by atoms with Gasteiger partial charge in [-0.15, -0.1) is 0 Å². The Hall–Kier alpha value is -0.160. The van der Waals surface area contributed by atoms with E-state index in [9.17, 15) is 5.11 Å². The Bertz CT molecular complexity index is 183. The lowest BCUT2D eigenvalue weighted by atomic mass is 10.1. The molecule has 2 aliphatic heterocycles. The van der Waals surface area contributed by atoms with E-state index in [2.05, 4.69) is 10.2 Å². The van der Waals surface area contributed by atoms with Gasteiger partial charge in [-0.1, -0.05) is 0 Å². The van der Waals surface area contributed by atoms with Gasteiger partial charge in [-0.05, 0) is 25.9 Å². The van der Waals surface area contributed by atoms with Crippen molar-refractivity contribution in [3.63, 3.8) is 0 Å². The third-order valence-corrected chi connectivity index (χ3v) is 3.39.